The molecule has 0 atom stereocenters. The van der Waals surface area contributed by atoms with Crippen LogP contribution in [0.5, 0.6) is 0 Å². The van der Waals surface area contributed by atoms with E-state index in [0.29, 0.717) is 6.04 Å². The molecular formula is C14H23N3O. The third-order valence-electron chi connectivity index (χ3n) is 3.57. The molecule has 0 amide bonds. The zero-order valence-corrected chi connectivity index (χ0v) is 11.4. The van der Waals surface area contributed by atoms with Crippen LogP contribution in [0.3, 0.4) is 0 Å². The standard InChI is InChI=1S/C14H23N3O/c1-3-13-15-11(2)10-14(16-13)17(8-5-9-18)12-6-4-7-12/h10,12,18H,3-9H2,1-2H3. The van der Waals surface area contributed by atoms with Gasteiger partial charge in [0.25, 0.3) is 0 Å². The number of hydrogen-bond acceptors (Lipinski definition) is 4. The van der Waals surface area contributed by atoms with Crippen LogP contribution in [0.1, 0.15) is 44.1 Å². The first kappa shape index (κ1) is 13.3. The first-order chi connectivity index (χ1) is 8.74. The second-order valence-electron chi connectivity index (χ2n) is 4.99. The van der Waals surface area contributed by atoms with Crippen LogP contribution in [0, 0.1) is 6.92 Å². The van der Waals surface area contributed by atoms with Gasteiger partial charge in [-0.3, -0.25) is 0 Å². The topological polar surface area (TPSA) is 49.2 Å². The van der Waals surface area contributed by atoms with Crippen molar-refractivity contribution in [2.24, 2.45) is 0 Å². The van der Waals surface area contributed by atoms with E-state index in [-0.39, 0.29) is 6.61 Å². The maximum absolute atomic E-state index is 9.03. The zero-order chi connectivity index (χ0) is 13.0. The lowest BCUT2D eigenvalue weighted by Gasteiger charge is -2.38. The zero-order valence-electron chi connectivity index (χ0n) is 11.4. The van der Waals surface area contributed by atoms with E-state index in [9.17, 15) is 0 Å². The molecule has 0 aromatic carbocycles. The molecule has 4 heteroatoms. The number of hydrogen-bond donors (Lipinski definition) is 1. The number of aryl methyl sites for hydroxylation is 2. The number of nitrogens with zero attached hydrogens (tertiary/aromatic N) is 3. The van der Waals surface area contributed by atoms with Crippen molar-refractivity contribution in [2.45, 2.75) is 52.0 Å². The Kier molecular flexibility index (Phi) is 4.53. The molecule has 1 aliphatic rings. The van der Waals surface area contributed by atoms with Gasteiger partial charge in [-0.2, -0.15) is 0 Å². The Morgan fingerprint density at radius 3 is 2.72 bits per heavy atom. The first-order valence-corrected chi connectivity index (χ1v) is 6.96. The number of anilines is 1. The van der Waals surface area contributed by atoms with Gasteiger partial charge < -0.3 is 10.0 Å². The van der Waals surface area contributed by atoms with Crippen molar-refractivity contribution >= 4 is 5.82 Å². The van der Waals surface area contributed by atoms with Crippen molar-refractivity contribution in [3.63, 3.8) is 0 Å². The lowest BCUT2D eigenvalue weighted by atomic mass is 9.91. The van der Waals surface area contributed by atoms with Crippen LogP contribution in [-0.4, -0.2) is 34.3 Å². The normalized spacial score (nSPS) is 15.5. The quantitative estimate of drug-likeness (QED) is 0.838. The van der Waals surface area contributed by atoms with Gasteiger partial charge in [0.2, 0.25) is 0 Å². The van der Waals surface area contributed by atoms with Gasteiger partial charge in [0.15, 0.2) is 0 Å². The molecule has 1 saturated carbocycles. The smallest absolute Gasteiger partial charge is 0.132 e. The molecule has 1 aliphatic carbocycles. The van der Waals surface area contributed by atoms with Gasteiger partial charge >= 0.3 is 0 Å². The average Bonchev–Trinajstić information content (AvgIpc) is 2.31. The Hall–Kier alpha value is -1.16. The fraction of sp³-hybridized carbons (Fsp3) is 0.714. The second-order valence-corrected chi connectivity index (χ2v) is 4.99. The summed E-state index contributed by atoms with van der Waals surface area (Å²) in [5, 5.41) is 9.03. The minimum atomic E-state index is 0.244. The molecule has 0 bridgehead atoms. The summed E-state index contributed by atoms with van der Waals surface area (Å²) in [7, 11) is 0. The molecule has 100 valence electrons. The van der Waals surface area contributed by atoms with Crippen LogP contribution < -0.4 is 4.90 Å². The van der Waals surface area contributed by atoms with Gasteiger partial charge in [0.1, 0.15) is 11.6 Å². The summed E-state index contributed by atoms with van der Waals surface area (Å²) in [5.74, 6) is 1.95. The third-order valence-corrected chi connectivity index (χ3v) is 3.57. The van der Waals surface area contributed by atoms with Crippen LogP contribution in [0.15, 0.2) is 6.07 Å². The number of aromatic nitrogens is 2. The van der Waals surface area contributed by atoms with Gasteiger partial charge in [-0.25, -0.2) is 9.97 Å². The molecule has 1 aromatic heterocycles. The summed E-state index contributed by atoms with van der Waals surface area (Å²) < 4.78 is 0. The Morgan fingerprint density at radius 1 is 1.39 bits per heavy atom. The molecule has 1 heterocycles. The average molecular weight is 249 g/mol. The fourth-order valence-corrected chi connectivity index (χ4v) is 2.34. The minimum absolute atomic E-state index is 0.244. The number of aliphatic hydroxyl groups excluding tert-OH is 1. The molecule has 0 radical (unpaired) electrons. The van der Waals surface area contributed by atoms with Crippen molar-refractivity contribution in [1.82, 2.24) is 9.97 Å². The van der Waals surface area contributed by atoms with Crippen LogP contribution in [0.4, 0.5) is 5.82 Å². The largest absolute Gasteiger partial charge is 0.396 e. The van der Waals surface area contributed by atoms with Gasteiger partial charge in [-0.05, 0) is 32.6 Å². The maximum Gasteiger partial charge on any atom is 0.132 e. The highest BCUT2D eigenvalue weighted by molar-refractivity contribution is 5.41. The molecule has 0 saturated heterocycles. The van der Waals surface area contributed by atoms with E-state index in [1.54, 1.807) is 0 Å². The molecule has 18 heavy (non-hydrogen) atoms. The molecule has 0 unspecified atom stereocenters. The Balaban J connectivity index is 2.19. The summed E-state index contributed by atoms with van der Waals surface area (Å²) in [6.45, 7) is 5.24. The molecule has 2 rings (SSSR count). The SMILES string of the molecule is CCc1nc(C)cc(N(CCCO)C2CCC2)n1. The summed E-state index contributed by atoms with van der Waals surface area (Å²) >= 11 is 0. The van der Waals surface area contributed by atoms with Crippen LogP contribution in [0.2, 0.25) is 0 Å². The van der Waals surface area contributed by atoms with E-state index < -0.39 is 0 Å². The lowest BCUT2D eigenvalue weighted by molar-refractivity contribution is 0.282. The lowest BCUT2D eigenvalue weighted by Crippen LogP contribution is -2.41. The Labute approximate surface area is 109 Å². The van der Waals surface area contributed by atoms with Crippen molar-refractivity contribution < 1.29 is 5.11 Å². The van der Waals surface area contributed by atoms with Crippen molar-refractivity contribution in [1.29, 1.82) is 0 Å². The molecule has 1 fully saturated rings. The van der Waals surface area contributed by atoms with E-state index in [4.69, 9.17) is 5.11 Å². The fourth-order valence-electron chi connectivity index (χ4n) is 2.34. The van der Waals surface area contributed by atoms with Gasteiger partial charge in [-0.15, -0.1) is 0 Å². The predicted molar refractivity (Wildman–Crippen MR) is 72.8 cm³/mol. The Bertz CT molecular complexity index is 391. The van der Waals surface area contributed by atoms with Crippen LogP contribution in [-0.2, 0) is 6.42 Å². The van der Waals surface area contributed by atoms with Crippen molar-refractivity contribution in [2.75, 3.05) is 18.1 Å². The molecular weight excluding hydrogens is 226 g/mol. The van der Waals surface area contributed by atoms with Gasteiger partial charge in [0.05, 0.1) is 0 Å². The van der Waals surface area contributed by atoms with E-state index >= 15 is 0 Å². The van der Waals surface area contributed by atoms with E-state index in [2.05, 4.69) is 27.9 Å². The molecule has 4 nitrogen and oxygen atoms in total. The summed E-state index contributed by atoms with van der Waals surface area (Å²) in [5.41, 5.74) is 1.03. The highest BCUT2D eigenvalue weighted by Crippen LogP contribution is 2.29. The molecule has 0 spiro atoms. The second kappa shape index (κ2) is 6.14. The van der Waals surface area contributed by atoms with Crippen molar-refractivity contribution in [3.8, 4) is 0 Å². The highest BCUT2D eigenvalue weighted by Gasteiger charge is 2.26. The summed E-state index contributed by atoms with van der Waals surface area (Å²) in [4.78, 5) is 11.4. The summed E-state index contributed by atoms with van der Waals surface area (Å²) in [6.07, 6.45) is 5.48. The molecule has 0 aliphatic heterocycles. The Morgan fingerprint density at radius 2 is 2.17 bits per heavy atom. The first-order valence-electron chi connectivity index (χ1n) is 6.96. The van der Waals surface area contributed by atoms with E-state index in [1.807, 2.05) is 6.92 Å². The maximum atomic E-state index is 9.03. The van der Waals surface area contributed by atoms with Crippen molar-refractivity contribution in [3.05, 3.63) is 17.6 Å². The van der Waals surface area contributed by atoms with E-state index in [0.717, 1.165) is 36.7 Å². The van der Waals surface area contributed by atoms with Gasteiger partial charge in [0, 0.05) is 37.4 Å². The molecule has 1 aromatic rings. The summed E-state index contributed by atoms with van der Waals surface area (Å²) in [6, 6.07) is 2.67. The minimum Gasteiger partial charge on any atom is -0.396 e. The monoisotopic (exact) mass is 249 g/mol. The van der Waals surface area contributed by atoms with Crippen LogP contribution in [0.25, 0.3) is 0 Å². The van der Waals surface area contributed by atoms with E-state index in [1.165, 1.54) is 19.3 Å². The number of rotatable bonds is 6. The third kappa shape index (κ3) is 2.99. The van der Waals surface area contributed by atoms with Crippen LogP contribution >= 0.6 is 0 Å². The molecule has 1 N–H and O–H groups in total. The number of aliphatic hydroxyl groups is 1. The highest BCUT2D eigenvalue weighted by atomic mass is 16.3. The predicted octanol–water partition coefficient (Wildman–Crippen LogP) is 2.09. The van der Waals surface area contributed by atoms with Gasteiger partial charge in [-0.1, -0.05) is 6.92 Å².